The van der Waals surface area contributed by atoms with E-state index >= 15 is 0 Å². The van der Waals surface area contributed by atoms with Crippen LogP contribution >= 0.6 is 0 Å². The number of methoxy groups -OCH3 is 3. The summed E-state index contributed by atoms with van der Waals surface area (Å²) in [5.74, 6) is 1.52. The van der Waals surface area contributed by atoms with E-state index in [9.17, 15) is 4.79 Å². The number of fused-ring (bicyclic) bond motifs is 1. The Bertz CT molecular complexity index is 1330. The number of imidazole rings is 1. The second-order valence-corrected chi connectivity index (χ2v) is 8.17. The van der Waals surface area contributed by atoms with Gasteiger partial charge in [0.05, 0.1) is 37.9 Å². The number of nitrogens with zero attached hydrogens (tertiary/aromatic N) is 2. The number of para-hydroxylation sites is 2. The van der Waals surface area contributed by atoms with Crippen molar-refractivity contribution >= 4 is 34.2 Å². The van der Waals surface area contributed by atoms with Crippen molar-refractivity contribution in [2.45, 2.75) is 13.8 Å². The quantitative estimate of drug-likeness (QED) is 0.224. The molecule has 7 nitrogen and oxygen atoms in total. The van der Waals surface area contributed by atoms with Gasteiger partial charge < -0.3 is 24.1 Å². The van der Waals surface area contributed by atoms with Crippen LogP contribution in [0.4, 0.5) is 5.69 Å². The molecule has 1 N–H and O–H groups in total. The molecule has 1 aromatic heterocycles. The molecule has 3 aromatic carbocycles. The Labute approximate surface area is 211 Å². The standard InChI is InChI=1S/C29H31N3O4/c1-6-32(7-2)21-14-12-19(13-15-21)16-22(29-30-23-10-8-9-11-24(23)31-29)27(33)20-17-25(34-3)28(36-5)26(18-20)35-4/h8-18H,6-7H2,1-5H3,(H,30,31)/b22-16-. The lowest BCUT2D eigenvalue weighted by Gasteiger charge is -2.20. The summed E-state index contributed by atoms with van der Waals surface area (Å²) in [5.41, 5.74) is 4.49. The number of ether oxygens (including phenoxy) is 3. The van der Waals surface area contributed by atoms with Gasteiger partial charge in [0.1, 0.15) is 5.82 Å². The molecule has 4 aromatic rings. The zero-order valence-electron chi connectivity index (χ0n) is 21.3. The Morgan fingerprint density at radius 2 is 1.56 bits per heavy atom. The summed E-state index contributed by atoms with van der Waals surface area (Å²) in [5, 5.41) is 0. The van der Waals surface area contributed by atoms with E-state index in [1.165, 1.54) is 21.3 Å². The highest BCUT2D eigenvalue weighted by molar-refractivity contribution is 6.32. The van der Waals surface area contributed by atoms with E-state index in [4.69, 9.17) is 19.2 Å². The second kappa shape index (κ2) is 11.0. The topological polar surface area (TPSA) is 76.7 Å². The fourth-order valence-electron chi connectivity index (χ4n) is 4.23. The molecule has 0 amide bonds. The predicted molar refractivity (Wildman–Crippen MR) is 144 cm³/mol. The van der Waals surface area contributed by atoms with E-state index in [1.54, 1.807) is 12.1 Å². The molecule has 186 valence electrons. The third-order valence-corrected chi connectivity index (χ3v) is 6.15. The molecule has 0 saturated heterocycles. The molecular formula is C29H31N3O4. The van der Waals surface area contributed by atoms with Crippen LogP contribution in [0, 0.1) is 0 Å². The SMILES string of the molecule is CCN(CC)c1ccc(/C=C(/C(=O)c2cc(OC)c(OC)c(OC)c2)c2nc3ccccc3[nH]2)cc1. The van der Waals surface area contributed by atoms with E-state index in [0.29, 0.717) is 34.2 Å². The summed E-state index contributed by atoms with van der Waals surface area (Å²) in [7, 11) is 4.58. The lowest BCUT2D eigenvalue weighted by atomic mass is 9.99. The summed E-state index contributed by atoms with van der Waals surface area (Å²) in [6.07, 6.45) is 1.86. The Morgan fingerprint density at radius 3 is 2.11 bits per heavy atom. The smallest absolute Gasteiger partial charge is 0.203 e. The van der Waals surface area contributed by atoms with Crippen molar-refractivity contribution in [3.8, 4) is 17.2 Å². The van der Waals surface area contributed by atoms with Gasteiger partial charge in [0.2, 0.25) is 5.75 Å². The first-order valence-corrected chi connectivity index (χ1v) is 11.9. The number of anilines is 1. The number of Topliss-reactive ketones (excluding diaryl/α,β-unsaturated/α-hetero) is 1. The van der Waals surface area contributed by atoms with Crippen molar-refractivity contribution in [1.29, 1.82) is 0 Å². The van der Waals surface area contributed by atoms with E-state index in [1.807, 2.05) is 42.5 Å². The largest absolute Gasteiger partial charge is 0.493 e. The van der Waals surface area contributed by atoms with Crippen LogP contribution in [-0.4, -0.2) is 50.2 Å². The monoisotopic (exact) mass is 485 g/mol. The minimum absolute atomic E-state index is 0.221. The van der Waals surface area contributed by atoms with Crippen LogP contribution in [0.15, 0.2) is 60.7 Å². The van der Waals surface area contributed by atoms with Gasteiger partial charge in [-0.15, -0.1) is 0 Å². The molecular weight excluding hydrogens is 454 g/mol. The molecule has 4 rings (SSSR count). The van der Waals surface area contributed by atoms with Gasteiger partial charge in [0.15, 0.2) is 17.3 Å². The number of hydrogen-bond donors (Lipinski definition) is 1. The molecule has 36 heavy (non-hydrogen) atoms. The maximum Gasteiger partial charge on any atom is 0.203 e. The molecule has 0 aliphatic heterocycles. The van der Waals surface area contributed by atoms with Gasteiger partial charge >= 0.3 is 0 Å². The average Bonchev–Trinajstić information content (AvgIpc) is 3.36. The number of benzene rings is 3. The number of hydrogen-bond acceptors (Lipinski definition) is 6. The number of allylic oxidation sites excluding steroid dienone is 1. The first-order valence-electron chi connectivity index (χ1n) is 11.9. The Kier molecular flexibility index (Phi) is 7.59. The van der Waals surface area contributed by atoms with Gasteiger partial charge in [-0.1, -0.05) is 24.3 Å². The molecule has 0 aliphatic carbocycles. The van der Waals surface area contributed by atoms with Crippen molar-refractivity contribution in [2.24, 2.45) is 0 Å². The lowest BCUT2D eigenvalue weighted by molar-refractivity contribution is 0.105. The third kappa shape index (κ3) is 4.91. The number of rotatable bonds is 10. The predicted octanol–water partition coefficient (Wildman–Crippen LogP) is 5.86. The van der Waals surface area contributed by atoms with Gasteiger partial charge in [-0.05, 0) is 61.9 Å². The number of aromatic nitrogens is 2. The van der Waals surface area contributed by atoms with Crippen LogP contribution in [0.25, 0.3) is 22.7 Å². The summed E-state index contributed by atoms with van der Waals surface area (Å²) in [6.45, 7) is 6.12. The molecule has 0 fully saturated rings. The maximum absolute atomic E-state index is 13.9. The normalized spacial score (nSPS) is 11.4. The number of nitrogens with one attached hydrogen (secondary N) is 1. The molecule has 0 aliphatic rings. The first-order chi connectivity index (χ1) is 17.5. The molecule has 0 spiro atoms. The van der Waals surface area contributed by atoms with Crippen LogP contribution < -0.4 is 19.1 Å². The fourth-order valence-corrected chi connectivity index (χ4v) is 4.23. The summed E-state index contributed by atoms with van der Waals surface area (Å²) in [6, 6.07) is 19.2. The van der Waals surface area contributed by atoms with Gasteiger partial charge in [0.25, 0.3) is 0 Å². The van der Waals surface area contributed by atoms with E-state index in [2.05, 4.69) is 35.9 Å². The highest BCUT2D eigenvalue weighted by atomic mass is 16.5. The van der Waals surface area contributed by atoms with Crippen molar-refractivity contribution < 1.29 is 19.0 Å². The average molecular weight is 486 g/mol. The minimum Gasteiger partial charge on any atom is -0.493 e. The molecule has 0 radical (unpaired) electrons. The molecule has 1 heterocycles. The Balaban J connectivity index is 1.84. The van der Waals surface area contributed by atoms with Crippen LogP contribution in [0.5, 0.6) is 17.2 Å². The maximum atomic E-state index is 13.9. The third-order valence-electron chi connectivity index (χ3n) is 6.15. The lowest BCUT2D eigenvalue weighted by Crippen LogP contribution is -2.21. The molecule has 7 heteroatoms. The number of aromatic amines is 1. The molecule has 0 bridgehead atoms. The zero-order valence-corrected chi connectivity index (χ0v) is 21.3. The van der Waals surface area contributed by atoms with Gasteiger partial charge in [-0.25, -0.2) is 4.98 Å². The number of H-pyrrole nitrogens is 1. The number of carbonyl (C=O) groups is 1. The van der Waals surface area contributed by atoms with Crippen molar-refractivity contribution in [3.63, 3.8) is 0 Å². The van der Waals surface area contributed by atoms with Crippen LogP contribution in [-0.2, 0) is 0 Å². The minimum atomic E-state index is -0.221. The van der Waals surface area contributed by atoms with Crippen LogP contribution in [0.2, 0.25) is 0 Å². The number of ketones is 1. The highest BCUT2D eigenvalue weighted by Gasteiger charge is 2.22. The van der Waals surface area contributed by atoms with Gasteiger partial charge in [-0.3, -0.25) is 4.79 Å². The number of carbonyl (C=O) groups excluding carboxylic acids is 1. The van der Waals surface area contributed by atoms with E-state index < -0.39 is 0 Å². The Morgan fingerprint density at radius 1 is 0.917 bits per heavy atom. The summed E-state index contributed by atoms with van der Waals surface area (Å²) >= 11 is 0. The fraction of sp³-hybridized carbons (Fsp3) is 0.241. The molecule has 0 unspecified atom stereocenters. The summed E-state index contributed by atoms with van der Waals surface area (Å²) in [4.78, 5) is 24.2. The first kappa shape index (κ1) is 24.9. The highest BCUT2D eigenvalue weighted by Crippen LogP contribution is 2.39. The second-order valence-electron chi connectivity index (χ2n) is 8.17. The molecule has 0 atom stereocenters. The van der Waals surface area contributed by atoms with Crippen LogP contribution in [0.3, 0.4) is 0 Å². The van der Waals surface area contributed by atoms with E-state index in [-0.39, 0.29) is 5.78 Å². The summed E-state index contributed by atoms with van der Waals surface area (Å²) < 4.78 is 16.4. The molecule has 0 saturated carbocycles. The van der Waals surface area contributed by atoms with Gasteiger partial charge in [0, 0.05) is 24.3 Å². The van der Waals surface area contributed by atoms with E-state index in [0.717, 1.165) is 35.4 Å². The Hall–Kier alpha value is -4.26. The zero-order chi connectivity index (χ0) is 25.7. The van der Waals surface area contributed by atoms with Crippen LogP contribution in [0.1, 0.15) is 35.6 Å². The van der Waals surface area contributed by atoms with Crippen molar-refractivity contribution in [3.05, 3.63) is 77.6 Å². The van der Waals surface area contributed by atoms with Crippen molar-refractivity contribution in [2.75, 3.05) is 39.3 Å². The van der Waals surface area contributed by atoms with Crippen molar-refractivity contribution in [1.82, 2.24) is 9.97 Å². The van der Waals surface area contributed by atoms with Gasteiger partial charge in [-0.2, -0.15) is 0 Å².